The molecule has 1 spiro atoms. The molecule has 4 aliphatic heterocycles. The summed E-state index contributed by atoms with van der Waals surface area (Å²) in [5.74, 6) is -0.354. The molecule has 3 fully saturated rings. The van der Waals surface area contributed by atoms with Gasteiger partial charge in [-0.25, -0.2) is 9.37 Å². The number of rotatable bonds is 10. The number of anilines is 1. The average molecular weight is 582 g/mol. The number of aliphatic carboxylic acids is 1. The molecule has 42 heavy (non-hydrogen) atoms. The maximum Gasteiger partial charge on any atom is 0.325 e. The van der Waals surface area contributed by atoms with Crippen LogP contribution in [0.15, 0.2) is 30.3 Å². The number of halogens is 1. The number of benzene rings is 1. The van der Waals surface area contributed by atoms with E-state index < -0.39 is 17.8 Å². The second-order valence-electron chi connectivity index (χ2n) is 12.5. The number of unbranched alkanes of at least 4 members (excludes halogenated alkanes) is 1. The maximum absolute atomic E-state index is 14.5. The Morgan fingerprint density at radius 1 is 1.19 bits per heavy atom. The van der Waals surface area contributed by atoms with Crippen LogP contribution in [-0.4, -0.2) is 73.1 Å². The van der Waals surface area contributed by atoms with E-state index >= 15 is 0 Å². The maximum atomic E-state index is 14.5. The number of ether oxygens (including phenoxy) is 3. The first kappa shape index (κ1) is 29.5. The van der Waals surface area contributed by atoms with Gasteiger partial charge in [0.2, 0.25) is 0 Å². The Bertz CT molecular complexity index is 1230. The first-order valence-corrected chi connectivity index (χ1v) is 15.8. The van der Waals surface area contributed by atoms with Crippen LogP contribution in [0.3, 0.4) is 0 Å². The van der Waals surface area contributed by atoms with Gasteiger partial charge in [0.1, 0.15) is 17.7 Å². The van der Waals surface area contributed by atoms with Gasteiger partial charge in [-0.2, -0.15) is 0 Å². The first-order chi connectivity index (χ1) is 20.5. The summed E-state index contributed by atoms with van der Waals surface area (Å²) < 4.78 is 32.6. The molecule has 0 radical (unpaired) electrons. The van der Waals surface area contributed by atoms with E-state index in [9.17, 15) is 14.3 Å². The van der Waals surface area contributed by atoms with Crippen molar-refractivity contribution >= 4 is 11.8 Å². The Morgan fingerprint density at radius 3 is 2.88 bits per heavy atom. The average Bonchev–Trinajstić information content (AvgIpc) is 3.46. The van der Waals surface area contributed by atoms with Crippen molar-refractivity contribution in [2.24, 2.45) is 5.41 Å². The molecule has 9 heteroatoms. The molecule has 0 aliphatic carbocycles. The summed E-state index contributed by atoms with van der Waals surface area (Å²) >= 11 is 0. The van der Waals surface area contributed by atoms with E-state index in [1.165, 1.54) is 17.7 Å². The summed E-state index contributed by atoms with van der Waals surface area (Å²) in [6.45, 7) is 4.89. The van der Waals surface area contributed by atoms with Crippen molar-refractivity contribution in [2.45, 2.75) is 82.5 Å². The summed E-state index contributed by atoms with van der Waals surface area (Å²) in [4.78, 5) is 19.3. The third-order valence-electron chi connectivity index (χ3n) is 9.68. The number of likely N-dealkylation sites (tertiary alicyclic amines) is 1. The van der Waals surface area contributed by atoms with E-state index in [0.717, 1.165) is 101 Å². The van der Waals surface area contributed by atoms with Crippen molar-refractivity contribution in [1.29, 1.82) is 0 Å². The van der Waals surface area contributed by atoms with Crippen LogP contribution in [0.1, 0.15) is 85.9 Å². The van der Waals surface area contributed by atoms with Crippen molar-refractivity contribution in [2.75, 3.05) is 51.4 Å². The van der Waals surface area contributed by atoms with Gasteiger partial charge >= 0.3 is 5.97 Å². The van der Waals surface area contributed by atoms with Gasteiger partial charge in [-0.1, -0.05) is 12.1 Å². The topological polar surface area (TPSA) is 93.2 Å². The molecule has 2 unspecified atom stereocenters. The zero-order valence-electron chi connectivity index (χ0n) is 24.5. The lowest BCUT2D eigenvalue weighted by molar-refractivity contribution is -0.143. The van der Waals surface area contributed by atoms with Crippen molar-refractivity contribution in [3.63, 3.8) is 0 Å². The number of nitrogens with one attached hydrogen (secondary N) is 1. The van der Waals surface area contributed by atoms with Crippen LogP contribution in [0.5, 0.6) is 0 Å². The Morgan fingerprint density at radius 2 is 2.07 bits per heavy atom. The normalized spacial score (nSPS) is 24.7. The summed E-state index contributed by atoms with van der Waals surface area (Å²) in [6, 6.07) is 7.94. The zero-order chi connectivity index (χ0) is 28.9. The van der Waals surface area contributed by atoms with Gasteiger partial charge in [0.05, 0.1) is 18.8 Å². The van der Waals surface area contributed by atoms with E-state index in [1.807, 2.05) is 4.90 Å². The molecule has 5 heterocycles. The van der Waals surface area contributed by atoms with Gasteiger partial charge in [-0.3, -0.25) is 9.69 Å². The fraction of sp³-hybridized carbons (Fsp3) is 0.636. The molecule has 8 nitrogen and oxygen atoms in total. The quantitative estimate of drug-likeness (QED) is 0.357. The number of carbonyl (C=O) groups is 1. The second-order valence-corrected chi connectivity index (χ2v) is 12.5. The second kappa shape index (κ2) is 13.4. The molecule has 3 atom stereocenters. The predicted octanol–water partition coefficient (Wildman–Crippen LogP) is 5.47. The van der Waals surface area contributed by atoms with Crippen molar-refractivity contribution in [1.82, 2.24) is 9.88 Å². The third-order valence-corrected chi connectivity index (χ3v) is 9.68. The Kier molecular flexibility index (Phi) is 9.38. The summed E-state index contributed by atoms with van der Waals surface area (Å²) in [7, 11) is 0. The minimum Gasteiger partial charge on any atom is -0.480 e. The number of aromatic nitrogens is 1. The highest BCUT2D eigenvalue weighted by molar-refractivity contribution is 5.76. The van der Waals surface area contributed by atoms with Crippen molar-refractivity contribution in [3.05, 3.63) is 58.5 Å². The molecule has 3 saturated heterocycles. The molecule has 1 aromatic heterocycles. The van der Waals surface area contributed by atoms with Crippen LogP contribution in [0.25, 0.3) is 0 Å². The molecule has 228 valence electrons. The molecule has 0 bridgehead atoms. The SMILES string of the molecule is O=C(O)C(c1cc(F)ccc1C1CCC2(CCOCC2)CO1)N1CC[C@@H](OCCCCc2ccc3c(n2)NCCC3)C1. The minimum atomic E-state index is -0.966. The number of carboxylic acids is 1. The van der Waals surface area contributed by atoms with E-state index in [0.29, 0.717) is 31.9 Å². The molecule has 1 aromatic carbocycles. The number of nitrogens with zero attached hydrogens (tertiary/aromatic N) is 2. The van der Waals surface area contributed by atoms with Crippen molar-refractivity contribution in [3.8, 4) is 0 Å². The number of pyridine rings is 1. The molecule has 0 saturated carbocycles. The third kappa shape index (κ3) is 6.80. The van der Waals surface area contributed by atoms with Crippen LogP contribution >= 0.6 is 0 Å². The number of carboxylic acid groups (broad SMARTS) is 1. The first-order valence-electron chi connectivity index (χ1n) is 15.8. The molecule has 4 aliphatic rings. The van der Waals surface area contributed by atoms with Gasteiger partial charge < -0.3 is 24.6 Å². The smallest absolute Gasteiger partial charge is 0.325 e. The summed E-state index contributed by atoms with van der Waals surface area (Å²) in [5, 5.41) is 13.7. The number of aryl methyl sites for hydroxylation is 2. The van der Waals surface area contributed by atoms with E-state index in [2.05, 4.69) is 17.4 Å². The van der Waals surface area contributed by atoms with Gasteiger partial charge in [-0.15, -0.1) is 0 Å². The summed E-state index contributed by atoms with van der Waals surface area (Å²) in [6.07, 6.45) is 9.37. The fourth-order valence-electron chi connectivity index (χ4n) is 7.17. The monoisotopic (exact) mass is 581 g/mol. The van der Waals surface area contributed by atoms with Crippen LogP contribution in [0, 0.1) is 11.2 Å². The highest BCUT2D eigenvalue weighted by Crippen LogP contribution is 2.45. The van der Waals surface area contributed by atoms with Gasteiger partial charge in [0, 0.05) is 45.1 Å². The van der Waals surface area contributed by atoms with Gasteiger partial charge in [-0.05, 0) is 105 Å². The molecular weight excluding hydrogens is 537 g/mol. The largest absolute Gasteiger partial charge is 0.480 e. The molecule has 0 amide bonds. The van der Waals surface area contributed by atoms with Gasteiger partial charge in [0.15, 0.2) is 0 Å². The Labute approximate surface area is 247 Å². The van der Waals surface area contributed by atoms with Crippen LogP contribution in [0.2, 0.25) is 0 Å². The van der Waals surface area contributed by atoms with Crippen LogP contribution in [0.4, 0.5) is 10.2 Å². The highest BCUT2D eigenvalue weighted by atomic mass is 19.1. The number of hydrogen-bond acceptors (Lipinski definition) is 7. The predicted molar refractivity (Wildman–Crippen MR) is 157 cm³/mol. The lowest BCUT2D eigenvalue weighted by Crippen LogP contribution is -2.39. The summed E-state index contributed by atoms with van der Waals surface area (Å²) in [5.41, 5.74) is 3.85. The lowest BCUT2D eigenvalue weighted by Gasteiger charge is -2.43. The van der Waals surface area contributed by atoms with E-state index in [-0.39, 0.29) is 17.6 Å². The standard InChI is InChI=1S/C33H44FN3O5/c34-24-7-9-27(29-10-12-33(22-42-29)13-18-40-19-14-33)28(20-24)30(32(38)39)37-16-11-26(21-37)41-17-2-1-5-25-8-6-23-4-3-15-35-31(23)36-25/h6-9,20,26,29-30H,1-5,10-19,21-22H2,(H,35,36)(H,38,39)/t26-,29?,30?/m1/s1. The Balaban J connectivity index is 1.02. The molecule has 6 rings (SSSR count). The minimum absolute atomic E-state index is 0.0331. The molecule has 2 aromatic rings. The molecular formula is C33H44FN3O5. The van der Waals surface area contributed by atoms with Crippen molar-refractivity contribution < 1.29 is 28.5 Å². The zero-order valence-corrected chi connectivity index (χ0v) is 24.5. The van der Waals surface area contributed by atoms with E-state index in [4.69, 9.17) is 19.2 Å². The lowest BCUT2D eigenvalue weighted by atomic mass is 9.74. The number of fused-ring (bicyclic) bond motifs is 1. The van der Waals surface area contributed by atoms with Crippen LogP contribution in [-0.2, 0) is 31.8 Å². The molecule has 2 N–H and O–H groups in total. The Hall–Kier alpha value is -2.59. The van der Waals surface area contributed by atoms with E-state index in [1.54, 1.807) is 6.07 Å². The number of hydrogen-bond donors (Lipinski definition) is 2. The highest BCUT2D eigenvalue weighted by Gasteiger charge is 2.41. The fourth-order valence-corrected chi connectivity index (χ4v) is 7.17. The van der Waals surface area contributed by atoms with Gasteiger partial charge in [0.25, 0.3) is 0 Å². The van der Waals surface area contributed by atoms with Crippen LogP contribution < -0.4 is 5.32 Å².